The second-order valence-corrected chi connectivity index (χ2v) is 4.47. The van der Waals surface area contributed by atoms with Gasteiger partial charge in [0.15, 0.2) is 0 Å². The second-order valence-electron chi connectivity index (χ2n) is 4.47. The van der Waals surface area contributed by atoms with Gasteiger partial charge in [-0.25, -0.2) is 0 Å². The molecule has 14 heavy (non-hydrogen) atoms. The van der Waals surface area contributed by atoms with Crippen LogP contribution in [-0.4, -0.2) is 48.8 Å². The minimum Gasteiger partial charge on any atom is -0.480 e. The topological polar surface area (TPSA) is 49.8 Å². The molecular formula is C10H17NO3. The van der Waals surface area contributed by atoms with Crippen molar-refractivity contribution in [1.82, 2.24) is 4.90 Å². The molecule has 4 nitrogen and oxygen atoms in total. The molecule has 0 amide bonds. The van der Waals surface area contributed by atoms with Gasteiger partial charge in [-0.2, -0.15) is 0 Å². The van der Waals surface area contributed by atoms with E-state index in [-0.39, 0.29) is 6.54 Å². The van der Waals surface area contributed by atoms with E-state index in [1.807, 2.05) is 4.90 Å². The lowest BCUT2D eigenvalue weighted by molar-refractivity contribution is -0.138. The van der Waals surface area contributed by atoms with E-state index in [9.17, 15) is 4.79 Å². The van der Waals surface area contributed by atoms with Crippen LogP contribution in [0.25, 0.3) is 0 Å². The highest BCUT2D eigenvalue weighted by molar-refractivity contribution is 5.69. The zero-order valence-corrected chi connectivity index (χ0v) is 8.37. The molecule has 0 radical (unpaired) electrons. The Kier molecular flexibility index (Phi) is 2.74. The fraction of sp³-hybridized carbons (Fsp3) is 0.900. The molecule has 0 atom stereocenters. The maximum Gasteiger partial charge on any atom is 0.317 e. The first-order valence-corrected chi connectivity index (χ1v) is 5.22. The van der Waals surface area contributed by atoms with Crippen LogP contribution in [0.4, 0.5) is 0 Å². The highest BCUT2D eigenvalue weighted by atomic mass is 16.5. The van der Waals surface area contributed by atoms with Gasteiger partial charge >= 0.3 is 5.97 Å². The summed E-state index contributed by atoms with van der Waals surface area (Å²) in [5.41, 5.74) is 0.384. The molecule has 0 saturated carbocycles. The standard InChI is InChI=1S/C10H17NO3/c12-9(13)7-11-4-1-10(2-5-11)3-6-14-8-10/h1-8H2,(H,12,13). The summed E-state index contributed by atoms with van der Waals surface area (Å²) in [6.07, 6.45) is 3.36. The molecule has 80 valence electrons. The average Bonchev–Trinajstić information content (AvgIpc) is 2.58. The summed E-state index contributed by atoms with van der Waals surface area (Å²) in [5, 5.41) is 8.66. The molecule has 2 rings (SSSR count). The van der Waals surface area contributed by atoms with Gasteiger partial charge in [0.1, 0.15) is 0 Å². The fourth-order valence-corrected chi connectivity index (χ4v) is 2.42. The number of aliphatic carboxylic acids is 1. The van der Waals surface area contributed by atoms with E-state index in [0.717, 1.165) is 45.6 Å². The van der Waals surface area contributed by atoms with Crippen LogP contribution in [0.3, 0.4) is 0 Å². The van der Waals surface area contributed by atoms with E-state index < -0.39 is 5.97 Å². The molecule has 0 bridgehead atoms. The van der Waals surface area contributed by atoms with Crippen molar-refractivity contribution in [2.75, 3.05) is 32.8 Å². The molecule has 2 saturated heterocycles. The number of carboxylic acid groups (broad SMARTS) is 1. The first-order chi connectivity index (χ1) is 6.70. The number of likely N-dealkylation sites (tertiary alicyclic amines) is 1. The fourth-order valence-electron chi connectivity index (χ4n) is 2.42. The molecule has 2 aliphatic rings. The van der Waals surface area contributed by atoms with Gasteiger partial charge < -0.3 is 9.84 Å². The van der Waals surface area contributed by atoms with Crippen molar-refractivity contribution >= 4 is 5.97 Å². The van der Waals surface area contributed by atoms with Gasteiger partial charge in [0.05, 0.1) is 13.2 Å². The summed E-state index contributed by atoms with van der Waals surface area (Å²) in [7, 11) is 0. The third-order valence-electron chi connectivity index (χ3n) is 3.46. The lowest BCUT2D eigenvalue weighted by Crippen LogP contribution is -2.42. The number of hydrogen-bond acceptors (Lipinski definition) is 3. The Morgan fingerprint density at radius 1 is 1.36 bits per heavy atom. The average molecular weight is 199 g/mol. The Labute approximate surface area is 83.8 Å². The molecule has 2 fully saturated rings. The number of carbonyl (C=O) groups is 1. The van der Waals surface area contributed by atoms with Crippen LogP contribution in [0, 0.1) is 5.41 Å². The Balaban J connectivity index is 1.82. The first-order valence-electron chi connectivity index (χ1n) is 5.22. The molecule has 2 heterocycles. The molecule has 1 spiro atoms. The number of carboxylic acids is 1. The van der Waals surface area contributed by atoms with Crippen molar-refractivity contribution < 1.29 is 14.6 Å². The van der Waals surface area contributed by atoms with Crippen molar-refractivity contribution in [3.8, 4) is 0 Å². The van der Waals surface area contributed by atoms with Crippen LogP contribution in [0.5, 0.6) is 0 Å². The van der Waals surface area contributed by atoms with Crippen molar-refractivity contribution in [2.24, 2.45) is 5.41 Å². The summed E-state index contributed by atoms with van der Waals surface area (Å²) in [6.45, 7) is 3.79. The predicted octanol–water partition coefficient (Wildman–Crippen LogP) is 0.573. The third kappa shape index (κ3) is 2.07. The number of hydrogen-bond donors (Lipinski definition) is 1. The summed E-state index contributed by atoms with van der Waals surface area (Å²) >= 11 is 0. The number of piperidine rings is 1. The van der Waals surface area contributed by atoms with Gasteiger partial charge in [0, 0.05) is 6.61 Å². The lowest BCUT2D eigenvalue weighted by atomic mass is 9.78. The summed E-state index contributed by atoms with van der Waals surface area (Å²) in [6, 6.07) is 0. The number of rotatable bonds is 2. The SMILES string of the molecule is O=C(O)CN1CCC2(CCOC2)CC1. The van der Waals surface area contributed by atoms with Crippen molar-refractivity contribution in [2.45, 2.75) is 19.3 Å². The molecule has 4 heteroatoms. The summed E-state index contributed by atoms with van der Waals surface area (Å²) < 4.78 is 5.42. The van der Waals surface area contributed by atoms with Gasteiger partial charge in [-0.3, -0.25) is 9.69 Å². The van der Waals surface area contributed by atoms with E-state index >= 15 is 0 Å². The Hall–Kier alpha value is -0.610. The molecule has 0 aliphatic carbocycles. The number of nitrogens with zero attached hydrogens (tertiary/aromatic N) is 1. The summed E-state index contributed by atoms with van der Waals surface area (Å²) in [5.74, 6) is -0.719. The first kappa shape index (κ1) is 9.93. The Morgan fingerprint density at radius 3 is 2.57 bits per heavy atom. The normalized spacial score (nSPS) is 26.9. The zero-order valence-electron chi connectivity index (χ0n) is 8.37. The minimum absolute atomic E-state index is 0.191. The zero-order chi connectivity index (χ0) is 10.0. The molecule has 2 aliphatic heterocycles. The van der Waals surface area contributed by atoms with Crippen molar-refractivity contribution in [3.05, 3.63) is 0 Å². The van der Waals surface area contributed by atoms with Gasteiger partial charge in [0.2, 0.25) is 0 Å². The van der Waals surface area contributed by atoms with Gasteiger partial charge in [0.25, 0.3) is 0 Å². The van der Waals surface area contributed by atoms with E-state index in [2.05, 4.69) is 0 Å². The molecule has 1 N–H and O–H groups in total. The Bertz CT molecular complexity index is 213. The highest BCUT2D eigenvalue weighted by Crippen LogP contribution is 2.38. The van der Waals surface area contributed by atoms with E-state index in [4.69, 9.17) is 9.84 Å². The van der Waals surface area contributed by atoms with E-state index in [1.165, 1.54) is 0 Å². The van der Waals surface area contributed by atoms with Crippen LogP contribution in [-0.2, 0) is 9.53 Å². The lowest BCUT2D eigenvalue weighted by Gasteiger charge is -2.37. The van der Waals surface area contributed by atoms with Crippen LogP contribution in [0.2, 0.25) is 0 Å². The maximum atomic E-state index is 10.5. The van der Waals surface area contributed by atoms with Crippen LogP contribution < -0.4 is 0 Å². The van der Waals surface area contributed by atoms with Crippen LogP contribution in [0.15, 0.2) is 0 Å². The predicted molar refractivity (Wildman–Crippen MR) is 51.2 cm³/mol. The molecule has 0 unspecified atom stereocenters. The molecular weight excluding hydrogens is 182 g/mol. The molecule has 0 aromatic heterocycles. The van der Waals surface area contributed by atoms with Crippen molar-refractivity contribution in [3.63, 3.8) is 0 Å². The largest absolute Gasteiger partial charge is 0.480 e. The highest BCUT2D eigenvalue weighted by Gasteiger charge is 2.38. The van der Waals surface area contributed by atoms with Gasteiger partial charge in [-0.15, -0.1) is 0 Å². The quantitative estimate of drug-likeness (QED) is 0.706. The van der Waals surface area contributed by atoms with Crippen LogP contribution >= 0.6 is 0 Å². The Morgan fingerprint density at radius 2 is 2.07 bits per heavy atom. The molecule has 0 aromatic rings. The second kappa shape index (κ2) is 3.87. The number of ether oxygens (including phenoxy) is 1. The van der Waals surface area contributed by atoms with Crippen molar-refractivity contribution in [1.29, 1.82) is 0 Å². The summed E-state index contributed by atoms with van der Waals surface area (Å²) in [4.78, 5) is 12.5. The molecule has 0 aromatic carbocycles. The minimum atomic E-state index is -0.719. The maximum absolute atomic E-state index is 10.5. The smallest absolute Gasteiger partial charge is 0.317 e. The van der Waals surface area contributed by atoms with E-state index in [1.54, 1.807) is 0 Å². The van der Waals surface area contributed by atoms with E-state index in [0.29, 0.717) is 5.41 Å². The van der Waals surface area contributed by atoms with Gasteiger partial charge in [-0.1, -0.05) is 0 Å². The van der Waals surface area contributed by atoms with Gasteiger partial charge in [-0.05, 0) is 37.8 Å². The van der Waals surface area contributed by atoms with Crippen LogP contribution in [0.1, 0.15) is 19.3 Å². The monoisotopic (exact) mass is 199 g/mol. The third-order valence-corrected chi connectivity index (χ3v) is 3.46.